The Hall–Kier alpha value is -9.70. The van der Waals surface area contributed by atoms with Crippen molar-refractivity contribution in [2.45, 2.75) is 0 Å². The number of benzene rings is 6. The summed E-state index contributed by atoms with van der Waals surface area (Å²) in [6.07, 6.45) is 9.81. The van der Waals surface area contributed by atoms with Gasteiger partial charge in [0.1, 0.15) is 17.5 Å². The first-order chi connectivity index (χ1) is 34.1. The Morgan fingerprint density at radius 3 is 1.41 bits per heavy atom. The fourth-order valence-corrected chi connectivity index (χ4v) is 7.29. The van der Waals surface area contributed by atoms with Gasteiger partial charge in [0.15, 0.2) is 5.82 Å². The molecule has 0 fully saturated rings. The molecule has 0 spiro atoms. The molecule has 0 saturated carbocycles. The Labute approximate surface area is 397 Å². The summed E-state index contributed by atoms with van der Waals surface area (Å²) in [5.41, 5.74) is 6.72. The Bertz CT molecular complexity index is 3420. The van der Waals surface area contributed by atoms with Crippen LogP contribution in [0.4, 0.5) is 74.4 Å². The normalized spacial score (nSPS) is 10.7. The first-order valence-corrected chi connectivity index (χ1v) is 21.5. The average Bonchev–Trinajstić information content (AvgIpc) is 3.36. The highest BCUT2D eigenvalue weighted by Crippen LogP contribution is 2.31. The van der Waals surface area contributed by atoms with E-state index < -0.39 is 35.1 Å². The number of carbonyl (C=O) groups is 2. The van der Waals surface area contributed by atoms with Gasteiger partial charge in [-0.3, -0.25) is 29.5 Å². The zero-order valence-electron chi connectivity index (χ0n) is 36.6. The molecule has 0 saturated heterocycles. The number of amides is 2. The molecular weight excluding hydrogens is 897 g/mol. The van der Waals surface area contributed by atoms with Gasteiger partial charge in [0.05, 0.1) is 27.8 Å². The molecule has 12 nitrogen and oxygen atoms in total. The van der Waals surface area contributed by atoms with Crippen LogP contribution in [0.3, 0.4) is 0 Å². The molecule has 0 bridgehead atoms. The van der Waals surface area contributed by atoms with Crippen LogP contribution in [0.2, 0.25) is 0 Å². The van der Waals surface area contributed by atoms with E-state index in [0.29, 0.717) is 50.2 Å². The number of hydrogen-bond acceptors (Lipinski definition) is 10. The van der Waals surface area contributed by atoms with Gasteiger partial charge < -0.3 is 31.9 Å². The maximum atomic E-state index is 15.3. The highest BCUT2D eigenvalue weighted by atomic mass is 19.1. The number of aromatic nitrogens is 4. The van der Waals surface area contributed by atoms with Crippen LogP contribution >= 0.6 is 0 Å². The minimum Gasteiger partial charge on any atom is -0.355 e. The van der Waals surface area contributed by atoms with E-state index in [9.17, 15) is 22.8 Å². The van der Waals surface area contributed by atoms with Crippen LogP contribution in [0.15, 0.2) is 195 Å². The lowest BCUT2D eigenvalue weighted by molar-refractivity contribution is 0.101. The van der Waals surface area contributed by atoms with Gasteiger partial charge in [-0.15, -0.1) is 0 Å². The molecule has 0 aliphatic carbocycles. The summed E-state index contributed by atoms with van der Waals surface area (Å²) in [5.74, 6) is -3.41. The monoisotopic (exact) mass is 934 g/mol. The zero-order valence-corrected chi connectivity index (χ0v) is 36.6. The number of rotatable bonds is 12. The van der Waals surface area contributed by atoms with Gasteiger partial charge in [-0.25, -0.2) is 17.6 Å². The van der Waals surface area contributed by atoms with Gasteiger partial charge in [0, 0.05) is 99.1 Å². The summed E-state index contributed by atoms with van der Waals surface area (Å²) in [6.45, 7) is 0. The predicted octanol–water partition coefficient (Wildman–Crippen LogP) is 13.3. The number of carbonyl (C=O) groups excluding carboxylic acids is 2. The number of fused-ring (bicyclic) bond motifs is 2. The Morgan fingerprint density at radius 1 is 0.371 bits per heavy atom. The molecule has 2 amide bonds. The quantitative estimate of drug-likeness (QED) is 0.0652. The van der Waals surface area contributed by atoms with Crippen LogP contribution in [0, 0.1) is 23.3 Å². The molecule has 0 radical (unpaired) electrons. The van der Waals surface area contributed by atoms with Crippen LogP contribution in [0.1, 0.15) is 20.7 Å². The minimum absolute atomic E-state index is 0.0857. The molecule has 0 atom stereocenters. The van der Waals surface area contributed by atoms with Crippen LogP contribution in [0.5, 0.6) is 0 Å². The van der Waals surface area contributed by atoms with Crippen molar-refractivity contribution in [2.75, 3.05) is 31.9 Å². The second kappa shape index (κ2) is 20.9. The second-order valence-electron chi connectivity index (χ2n) is 15.4. The van der Waals surface area contributed by atoms with Crippen LogP contribution in [0.25, 0.3) is 21.8 Å². The van der Waals surface area contributed by atoms with Crippen molar-refractivity contribution < 1.29 is 27.2 Å². The number of pyridine rings is 4. The zero-order chi connectivity index (χ0) is 48.4. The van der Waals surface area contributed by atoms with Crippen molar-refractivity contribution in [1.29, 1.82) is 0 Å². The summed E-state index contributed by atoms with van der Waals surface area (Å²) in [5, 5.41) is 19.1. The average molecular weight is 935 g/mol. The predicted molar refractivity (Wildman–Crippen MR) is 267 cm³/mol. The Morgan fingerprint density at radius 2 is 0.857 bits per heavy atom. The van der Waals surface area contributed by atoms with Crippen LogP contribution in [-0.4, -0.2) is 31.8 Å². The maximum Gasteiger partial charge on any atom is 0.258 e. The van der Waals surface area contributed by atoms with E-state index >= 15 is 4.39 Å². The number of nitrogens with zero attached hydrogens (tertiary/aromatic N) is 4. The highest BCUT2D eigenvalue weighted by Gasteiger charge is 2.18. The fraction of sp³-hybridized carbons (Fsp3) is 0. The first-order valence-electron chi connectivity index (χ1n) is 21.5. The largest absolute Gasteiger partial charge is 0.355 e. The topological polar surface area (TPSA) is 158 Å². The van der Waals surface area contributed by atoms with Crippen molar-refractivity contribution in [3.63, 3.8) is 0 Å². The lowest BCUT2D eigenvalue weighted by atomic mass is 10.1. The molecule has 16 heteroatoms. The van der Waals surface area contributed by atoms with E-state index in [1.54, 1.807) is 104 Å². The van der Waals surface area contributed by atoms with Crippen molar-refractivity contribution in [3.05, 3.63) is 229 Å². The van der Waals surface area contributed by atoms with Crippen molar-refractivity contribution in [2.24, 2.45) is 0 Å². The number of nitrogens with one attached hydrogen (secondary N) is 6. The van der Waals surface area contributed by atoms with Gasteiger partial charge in [-0.05, 0) is 140 Å². The van der Waals surface area contributed by atoms with E-state index in [4.69, 9.17) is 0 Å². The van der Waals surface area contributed by atoms with Crippen LogP contribution in [-0.2, 0) is 0 Å². The number of anilines is 10. The number of halogens is 4. The van der Waals surface area contributed by atoms with E-state index in [1.165, 1.54) is 54.6 Å². The minimum atomic E-state index is -0.725. The summed E-state index contributed by atoms with van der Waals surface area (Å²) in [6, 6.07) is 41.9. The Balaban J connectivity index is 0.000000174. The van der Waals surface area contributed by atoms with Gasteiger partial charge in [0.25, 0.3) is 11.8 Å². The molecule has 0 unspecified atom stereocenters. The SMILES string of the molecule is O=C(Nc1cccc(Nc2ccncc2)c1)c1cc(Nc2ccnc3ccc(F)cc23)ccc1F.O=C(Nc1cccc(Nc2ccncc2)c1)c1cccc(Nc2ccnc3ccc(F)cc23)c1F. The lowest BCUT2D eigenvalue weighted by Gasteiger charge is -2.13. The molecule has 10 rings (SSSR count). The fourth-order valence-electron chi connectivity index (χ4n) is 7.29. The number of hydrogen-bond donors (Lipinski definition) is 6. The summed E-state index contributed by atoms with van der Waals surface area (Å²) >= 11 is 0. The smallest absolute Gasteiger partial charge is 0.258 e. The first kappa shape index (κ1) is 45.5. The third-order valence-corrected chi connectivity index (χ3v) is 10.6. The van der Waals surface area contributed by atoms with E-state index in [2.05, 4.69) is 51.8 Å². The van der Waals surface area contributed by atoms with Crippen molar-refractivity contribution >= 4 is 90.5 Å². The molecular formula is C54H38F4N10O2. The maximum absolute atomic E-state index is 15.3. The molecule has 6 N–H and O–H groups in total. The summed E-state index contributed by atoms with van der Waals surface area (Å²) < 4.78 is 57.4. The Kier molecular flexibility index (Phi) is 13.5. The molecule has 344 valence electrons. The summed E-state index contributed by atoms with van der Waals surface area (Å²) in [4.78, 5) is 42.2. The van der Waals surface area contributed by atoms with Gasteiger partial charge in [0.2, 0.25) is 0 Å². The molecule has 0 aliphatic heterocycles. The third-order valence-electron chi connectivity index (χ3n) is 10.6. The molecule has 4 heterocycles. The van der Waals surface area contributed by atoms with Gasteiger partial charge in [-0.1, -0.05) is 18.2 Å². The second-order valence-corrected chi connectivity index (χ2v) is 15.4. The van der Waals surface area contributed by atoms with E-state index in [1.807, 2.05) is 36.4 Å². The van der Waals surface area contributed by atoms with Gasteiger partial charge in [-0.2, -0.15) is 0 Å². The van der Waals surface area contributed by atoms with Crippen molar-refractivity contribution in [3.8, 4) is 0 Å². The molecule has 6 aromatic carbocycles. The van der Waals surface area contributed by atoms with Crippen molar-refractivity contribution in [1.82, 2.24) is 19.9 Å². The van der Waals surface area contributed by atoms with E-state index in [-0.39, 0.29) is 16.8 Å². The lowest BCUT2D eigenvalue weighted by Crippen LogP contribution is -2.14. The summed E-state index contributed by atoms with van der Waals surface area (Å²) in [7, 11) is 0. The van der Waals surface area contributed by atoms with Gasteiger partial charge >= 0.3 is 0 Å². The molecule has 10 aromatic rings. The third kappa shape index (κ3) is 11.1. The molecule has 4 aromatic heterocycles. The van der Waals surface area contributed by atoms with Crippen LogP contribution < -0.4 is 31.9 Å². The molecule has 70 heavy (non-hydrogen) atoms. The van der Waals surface area contributed by atoms with E-state index in [0.717, 1.165) is 22.7 Å². The highest BCUT2D eigenvalue weighted by molar-refractivity contribution is 6.06. The molecule has 0 aliphatic rings. The standard InChI is InChI=1S/2C27H19F2N5O/c28-17-7-8-23-22(15-17)24(11-14-31-23)34-25-6-2-5-21(26(25)29)27(35)33-20-4-1-3-19(16-20)32-18-9-12-30-13-10-18;28-17-4-7-25-23(14-17)26(10-13-31-25)33-21-5-6-24(29)22(16-21)27(35)34-20-3-1-2-19(15-20)32-18-8-11-30-12-9-18/h1-16H,(H,30,32)(H,31,34)(H,33,35);1-16H,(H,30,32)(H,31,33)(H,34,35).